The standard InChI is InChI=1S/C14H25N3O2S/c1-14(2,3)20(18)11-9-17-13(15-4)16-8-7-12-6-5-10-19-12/h5-6,10H,7-9,11H2,1-4H3,(H2,15,16,17). The van der Waals surface area contributed by atoms with Crippen molar-refractivity contribution in [2.45, 2.75) is 31.9 Å². The third-order valence-corrected chi connectivity index (χ3v) is 4.67. The topological polar surface area (TPSA) is 66.6 Å². The monoisotopic (exact) mass is 299 g/mol. The zero-order valence-electron chi connectivity index (χ0n) is 12.7. The van der Waals surface area contributed by atoms with Gasteiger partial charge in [0.15, 0.2) is 5.96 Å². The van der Waals surface area contributed by atoms with E-state index in [4.69, 9.17) is 4.42 Å². The van der Waals surface area contributed by atoms with Crippen LogP contribution >= 0.6 is 0 Å². The van der Waals surface area contributed by atoms with Crippen molar-refractivity contribution in [2.75, 3.05) is 25.9 Å². The molecule has 0 aliphatic rings. The Morgan fingerprint density at radius 1 is 1.35 bits per heavy atom. The first-order chi connectivity index (χ1) is 9.43. The lowest BCUT2D eigenvalue weighted by molar-refractivity contribution is 0.507. The lowest BCUT2D eigenvalue weighted by atomic mass is 10.3. The lowest BCUT2D eigenvalue weighted by Gasteiger charge is -2.18. The van der Waals surface area contributed by atoms with E-state index in [9.17, 15) is 4.21 Å². The zero-order chi connectivity index (χ0) is 15.0. The summed E-state index contributed by atoms with van der Waals surface area (Å²) in [6, 6.07) is 3.83. The molecule has 1 aromatic rings. The highest BCUT2D eigenvalue weighted by atomic mass is 32.2. The van der Waals surface area contributed by atoms with Crippen LogP contribution in [0.3, 0.4) is 0 Å². The smallest absolute Gasteiger partial charge is 0.191 e. The highest BCUT2D eigenvalue weighted by Gasteiger charge is 2.18. The molecule has 0 bridgehead atoms. The van der Waals surface area contributed by atoms with Crippen LogP contribution < -0.4 is 10.6 Å². The number of aliphatic imine (C=N–C) groups is 1. The fraction of sp³-hybridized carbons (Fsp3) is 0.643. The zero-order valence-corrected chi connectivity index (χ0v) is 13.5. The SMILES string of the molecule is CN=C(NCCc1ccco1)NCCS(=O)C(C)(C)C. The molecule has 0 aliphatic heterocycles. The fourth-order valence-corrected chi connectivity index (χ4v) is 2.45. The first kappa shape index (κ1) is 16.8. The van der Waals surface area contributed by atoms with E-state index in [0.29, 0.717) is 12.3 Å². The van der Waals surface area contributed by atoms with E-state index in [1.807, 2.05) is 32.9 Å². The average molecular weight is 299 g/mol. The van der Waals surface area contributed by atoms with E-state index >= 15 is 0 Å². The molecule has 1 heterocycles. The van der Waals surface area contributed by atoms with Gasteiger partial charge in [0.05, 0.1) is 6.26 Å². The third kappa shape index (κ3) is 6.23. The van der Waals surface area contributed by atoms with Crippen LogP contribution in [0.1, 0.15) is 26.5 Å². The van der Waals surface area contributed by atoms with Gasteiger partial charge in [-0.2, -0.15) is 0 Å². The highest BCUT2D eigenvalue weighted by Crippen LogP contribution is 2.10. The summed E-state index contributed by atoms with van der Waals surface area (Å²) in [5.41, 5.74) is 0. The number of nitrogens with zero attached hydrogens (tertiary/aromatic N) is 1. The Balaban J connectivity index is 2.22. The summed E-state index contributed by atoms with van der Waals surface area (Å²) < 4.78 is 17.0. The minimum Gasteiger partial charge on any atom is -0.469 e. The number of rotatable bonds is 6. The second-order valence-corrected chi connectivity index (χ2v) is 7.74. The van der Waals surface area contributed by atoms with Crippen molar-refractivity contribution in [3.05, 3.63) is 24.2 Å². The fourth-order valence-electron chi connectivity index (χ4n) is 1.55. The molecular weight excluding hydrogens is 274 g/mol. The molecule has 114 valence electrons. The van der Waals surface area contributed by atoms with Crippen molar-refractivity contribution < 1.29 is 8.63 Å². The van der Waals surface area contributed by atoms with Crippen molar-refractivity contribution >= 4 is 16.8 Å². The first-order valence-electron chi connectivity index (χ1n) is 6.79. The summed E-state index contributed by atoms with van der Waals surface area (Å²) in [6.07, 6.45) is 2.48. The van der Waals surface area contributed by atoms with Gasteiger partial charge in [0.2, 0.25) is 0 Å². The summed E-state index contributed by atoms with van der Waals surface area (Å²) in [7, 11) is 0.879. The Kier molecular flexibility index (Phi) is 6.78. The Bertz CT molecular complexity index is 436. The molecule has 5 nitrogen and oxygen atoms in total. The van der Waals surface area contributed by atoms with Crippen LogP contribution in [0, 0.1) is 0 Å². The van der Waals surface area contributed by atoms with Crippen molar-refractivity contribution in [3.8, 4) is 0 Å². The van der Waals surface area contributed by atoms with Gasteiger partial charge in [0.25, 0.3) is 0 Å². The molecule has 0 aromatic carbocycles. The second kappa shape index (κ2) is 8.09. The number of guanidine groups is 1. The van der Waals surface area contributed by atoms with Crippen LogP contribution in [0.4, 0.5) is 0 Å². The van der Waals surface area contributed by atoms with Crippen molar-refractivity contribution in [1.29, 1.82) is 0 Å². The minimum atomic E-state index is -0.846. The number of nitrogens with one attached hydrogen (secondary N) is 2. The Labute approximate surface area is 123 Å². The molecule has 0 amide bonds. The van der Waals surface area contributed by atoms with E-state index < -0.39 is 10.8 Å². The van der Waals surface area contributed by atoms with Gasteiger partial charge in [-0.05, 0) is 32.9 Å². The molecule has 1 atom stereocenters. The Morgan fingerprint density at radius 2 is 2.05 bits per heavy atom. The van der Waals surface area contributed by atoms with Gasteiger partial charge in [-0.1, -0.05) is 0 Å². The van der Waals surface area contributed by atoms with Crippen LogP contribution in [0.2, 0.25) is 0 Å². The van der Waals surface area contributed by atoms with Crippen LogP contribution in [0.25, 0.3) is 0 Å². The van der Waals surface area contributed by atoms with Crippen molar-refractivity contribution in [3.63, 3.8) is 0 Å². The molecule has 20 heavy (non-hydrogen) atoms. The van der Waals surface area contributed by atoms with Gasteiger partial charge < -0.3 is 15.1 Å². The predicted molar refractivity (Wildman–Crippen MR) is 84.5 cm³/mol. The maximum Gasteiger partial charge on any atom is 0.191 e. The van der Waals surface area contributed by atoms with E-state index in [0.717, 1.165) is 24.7 Å². The molecule has 0 saturated heterocycles. The molecular formula is C14H25N3O2S. The predicted octanol–water partition coefficient (Wildman–Crippen LogP) is 1.53. The molecule has 1 rings (SSSR count). The maximum absolute atomic E-state index is 11.9. The molecule has 0 saturated carbocycles. The number of hydrogen-bond acceptors (Lipinski definition) is 3. The molecule has 0 aliphatic carbocycles. The van der Waals surface area contributed by atoms with Gasteiger partial charge in [0.1, 0.15) is 5.76 Å². The highest BCUT2D eigenvalue weighted by molar-refractivity contribution is 7.86. The van der Waals surface area contributed by atoms with E-state index in [1.54, 1.807) is 13.3 Å². The normalized spacial score (nSPS) is 14.1. The average Bonchev–Trinajstić information content (AvgIpc) is 2.88. The molecule has 0 spiro atoms. The van der Waals surface area contributed by atoms with E-state index in [2.05, 4.69) is 15.6 Å². The second-order valence-electron chi connectivity index (χ2n) is 5.42. The minimum absolute atomic E-state index is 0.169. The van der Waals surface area contributed by atoms with Gasteiger partial charge in [-0.3, -0.25) is 9.20 Å². The van der Waals surface area contributed by atoms with Crippen molar-refractivity contribution in [2.24, 2.45) is 4.99 Å². The quantitative estimate of drug-likeness (QED) is 0.617. The van der Waals surface area contributed by atoms with Crippen LogP contribution in [-0.2, 0) is 17.2 Å². The number of furan rings is 1. The van der Waals surface area contributed by atoms with Gasteiger partial charge in [-0.15, -0.1) is 0 Å². The Morgan fingerprint density at radius 3 is 2.60 bits per heavy atom. The number of hydrogen-bond donors (Lipinski definition) is 2. The van der Waals surface area contributed by atoms with Crippen LogP contribution in [0.5, 0.6) is 0 Å². The summed E-state index contributed by atoms with van der Waals surface area (Å²) in [6.45, 7) is 7.35. The molecule has 6 heteroatoms. The Hall–Kier alpha value is -1.30. The summed E-state index contributed by atoms with van der Waals surface area (Å²) in [4.78, 5) is 4.13. The van der Waals surface area contributed by atoms with Crippen molar-refractivity contribution in [1.82, 2.24) is 10.6 Å². The van der Waals surface area contributed by atoms with Gasteiger partial charge in [-0.25, -0.2) is 0 Å². The summed E-state index contributed by atoms with van der Waals surface area (Å²) >= 11 is 0. The first-order valence-corrected chi connectivity index (χ1v) is 8.11. The maximum atomic E-state index is 11.9. The van der Waals surface area contributed by atoms with Crippen LogP contribution in [-0.4, -0.2) is 40.8 Å². The van der Waals surface area contributed by atoms with Crippen LogP contribution in [0.15, 0.2) is 27.8 Å². The molecule has 0 radical (unpaired) electrons. The largest absolute Gasteiger partial charge is 0.469 e. The van der Waals surface area contributed by atoms with Gasteiger partial charge >= 0.3 is 0 Å². The lowest BCUT2D eigenvalue weighted by Crippen LogP contribution is -2.41. The summed E-state index contributed by atoms with van der Waals surface area (Å²) in [5.74, 6) is 2.28. The molecule has 1 unspecified atom stereocenters. The van der Waals surface area contributed by atoms with Gasteiger partial charge in [0, 0.05) is 47.9 Å². The summed E-state index contributed by atoms with van der Waals surface area (Å²) in [5, 5.41) is 6.37. The van der Waals surface area contributed by atoms with E-state index in [1.165, 1.54) is 0 Å². The third-order valence-electron chi connectivity index (χ3n) is 2.73. The molecule has 1 aromatic heterocycles. The molecule has 2 N–H and O–H groups in total. The molecule has 0 fully saturated rings. The van der Waals surface area contributed by atoms with E-state index in [-0.39, 0.29) is 4.75 Å².